The minimum absolute atomic E-state index is 0.476. The average molecular weight is 206 g/mol. The number of hydrogen-bond donors (Lipinski definition) is 0. The molecule has 66 valence electrons. The zero-order valence-corrected chi connectivity index (χ0v) is 8.11. The molecule has 0 unspecified atom stereocenters. The zero-order valence-electron chi connectivity index (χ0n) is 6.54. The Hall–Kier alpha value is -0.160. The van der Waals surface area contributed by atoms with Gasteiger partial charge in [0.05, 0.1) is 18.7 Å². The van der Waals surface area contributed by atoms with Crippen LogP contribution in [0.5, 0.6) is 0 Å². The molecule has 2 heterocycles. The molecule has 1 saturated heterocycles. The first-order chi connectivity index (χ1) is 5.72. The maximum Gasteiger partial charge on any atom is 0.204 e. The molecule has 0 amide bonds. The zero-order chi connectivity index (χ0) is 8.60. The number of halogens is 1. The summed E-state index contributed by atoms with van der Waals surface area (Å²) in [5, 5.41) is 0.476. The molecule has 0 aromatic carbocycles. The highest BCUT2D eigenvalue weighted by Crippen LogP contribution is 2.37. The van der Waals surface area contributed by atoms with Gasteiger partial charge in [-0.25, -0.2) is 4.98 Å². The molecule has 1 aliphatic rings. The van der Waals surface area contributed by atoms with E-state index in [0.29, 0.717) is 18.4 Å². The molecule has 0 bridgehead atoms. The molecule has 0 aliphatic carbocycles. The van der Waals surface area contributed by atoms with Crippen molar-refractivity contribution in [2.75, 3.05) is 13.2 Å². The summed E-state index contributed by atoms with van der Waals surface area (Å²) in [7, 11) is 0. The summed E-state index contributed by atoms with van der Waals surface area (Å²) in [5.74, 6) is -0.668. The maximum atomic E-state index is 5.85. The van der Waals surface area contributed by atoms with Gasteiger partial charge < -0.3 is 9.47 Å². The quantitative estimate of drug-likeness (QED) is 0.703. The summed E-state index contributed by atoms with van der Waals surface area (Å²) in [6.45, 7) is 3.09. The third-order valence-electron chi connectivity index (χ3n) is 1.77. The molecule has 0 atom stereocenters. The van der Waals surface area contributed by atoms with Crippen LogP contribution in [-0.4, -0.2) is 18.2 Å². The molecular formula is C7H8ClNO2S. The minimum Gasteiger partial charge on any atom is -0.343 e. The third kappa shape index (κ3) is 1.25. The van der Waals surface area contributed by atoms with Gasteiger partial charge in [-0.1, -0.05) is 11.6 Å². The monoisotopic (exact) mass is 205 g/mol. The molecule has 0 spiro atoms. The molecule has 0 N–H and O–H groups in total. The lowest BCUT2D eigenvalue weighted by molar-refractivity contribution is -0.147. The highest BCUT2D eigenvalue weighted by molar-refractivity contribution is 7.10. The number of ether oxygens (including phenoxy) is 2. The Kier molecular flexibility index (Phi) is 2.08. The molecule has 1 fully saturated rings. The van der Waals surface area contributed by atoms with Crippen LogP contribution in [0.2, 0.25) is 5.15 Å². The molecule has 5 heteroatoms. The van der Waals surface area contributed by atoms with Gasteiger partial charge in [-0.3, -0.25) is 0 Å². The van der Waals surface area contributed by atoms with Crippen LogP contribution in [0.15, 0.2) is 5.51 Å². The smallest absolute Gasteiger partial charge is 0.204 e. The Morgan fingerprint density at radius 3 is 2.75 bits per heavy atom. The molecule has 0 saturated carbocycles. The SMILES string of the molecule is CC1(c2scnc2Cl)OCCO1. The summed E-state index contributed by atoms with van der Waals surface area (Å²) in [6, 6.07) is 0. The molecular weight excluding hydrogens is 198 g/mol. The van der Waals surface area contributed by atoms with E-state index in [-0.39, 0.29) is 0 Å². The Labute approximate surface area is 79.3 Å². The van der Waals surface area contributed by atoms with E-state index < -0.39 is 5.79 Å². The number of nitrogens with zero attached hydrogens (tertiary/aromatic N) is 1. The number of rotatable bonds is 1. The average Bonchev–Trinajstić information content (AvgIpc) is 2.59. The summed E-state index contributed by atoms with van der Waals surface area (Å²) in [4.78, 5) is 4.78. The molecule has 3 nitrogen and oxygen atoms in total. The van der Waals surface area contributed by atoms with Crippen molar-refractivity contribution in [1.29, 1.82) is 0 Å². The van der Waals surface area contributed by atoms with Crippen LogP contribution in [0.1, 0.15) is 11.8 Å². The lowest BCUT2D eigenvalue weighted by atomic mass is 10.3. The van der Waals surface area contributed by atoms with Gasteiger partial charge in [0.25, 0.3) is 0 Å². The summed E-state index contributed by atoms with van der Waals surface area (Å²) in [5.41, 5.74) is 1.69. The van der Waals surface area contributed by atoms with Gasteiger partial charge in [0.2, 0.25) is 5.79 Å². The largest absolute Gasteiger partial charge is 0.343 e. The Bertz CT molecular complexity index is 283. The van der Waals surface area contributed by atoms with Crippen molar-refractivity contribution in [1.82, 2.24) is 4.98 Å². The van der Waals surface area contributed by atoms with Gasteiger partial charge in [-0.15, -0.1) is 11.3 Å². The summed E-state index contributed by atoms with van der Waals surface area (Å²) < 4.78 is 10.9. The molecule has 1 aliphatic heterocycles. The van der Waals surface area contributed by atoms with Crippen molar-refractivity contribution >= 4 is 22.9 Å². The normalized spacial score (nSPS) is 21.5. The highest BCUT2D eigenvalue weighted by atomic mass is 35.5. The van der Waals surface area contributed by atoms with Crippen LogP contribution in [0.4, 0.5) is 0 Å². The van der Waals surface area contributed by atoms with E-state index >= 15 is 0 Å². The summed E-state index contributed by atoms with van der Waals surface area (Å²) >= 11 is 7.30. The van der Waals surface area contributed by atoms with Gasteiger partial charge in [0, 0.05) is 0 Å². The van der Waals surface area contributed by atoms with E-state index in [9.17, 15) is 0 Å². The second kappa shape index (κ2) is 2.96. The molecule has 12 heavy (non-hydrogen) atoms. The second-order valence-electron chi connectivity index (χ2n) is 2.61. The van der Waals surface area contributed by atoms with E-state index in [1.54, 1.807) is 5.51 Å². The van der Waals surface area contributed by atoms with E-state index in [1.807, 2.05) is 6.92 Å². The predicted molar refractivity (Wildman–Crippen MR) is 46.4 cm³/mol. The number of thiazole rings is 1. The van der Waals surface area contributed by atoms with Crippen LogP contribution in [0.25, 0.3) is 0 Å². The van der Waals surface area contributed by atoms with E-state index in [2.05, 4.69) is 4.98 Å². The van der Waals surface area contributed by atoms with Crippen molar-refractivity contribution in [3.63, 3.8) is 0 Å². The lowest BCUT2D eigenvalue weighted by Crippen LogP contribution is -2.21. The Balaban J connectivity index is 2.34. The van der Waals surface area contributed by atoms with Crippen LogP contribution in [0.3, 0.4) is 0 Å². The fraction of sp³-hybridized carbons (Fsp3) is 0.571. The van der Waals surface area contributed by atoms with Crippen LogP contribution >= 0.6 is 22.9 Å². The van der Waals surface area contributed by atoms with E-state index in [4.69, 9.17) is 21.1 Å². The predicted octanol–water partition coefficient (Wildman–Crippen LogP) is 2.02. The van der Waals surface area contributed by atoms with Crippen LogP contribution < -0.4 is 0 Å². The van der Waals surface area contributed by atoms with Crippen molar-refractivity contribution in [3.8, 4) is 0 Å². The molecule has 0 radical (unpaired) electrons. The first-order valence-corrected chi connectivity index (χ1v) is 4.85. The van der Waals surface area contributed by atoms with Crippen molar-refractivity contribution in [3.05, 3.63) is 15.5 Å². The topological polar surface area (TPSA) is 31.4 Å². The molecule has 1 aromatic heterocycles. The number of aromatic nitrogens is 1. The Morgan fingerprint density at radius 2 is 2.25 bits per heavy atom. The third-order valence-corrected chi connectivity index (χ3v) is 3.18. The summed E-state index contributed by atoms with van der Waals surface area (Å²) in [6.07, 6.45) is 0. The minimum atomic E-state index is -0.668. The van der Waals surface area contributed by atoms with Gasteiger partial charge in [-0.05, 0) is 6.92 Å². The fourth-order valence-electron chi connectivity index (χ4n) is 1.17. The van der Waals surface area contributed by atoms with Gasteiger partial charge in [-0.2, -0.15) is 0 Å². The van der Waals surface area contributed by atoms with Crippen molar-refractivity contribution in [2.45, 2.75) is 12.7 Å². The van der Waals surface area contributed by atoms with Crippen LogP contribution in [0, 0.1) is 0 Å². The fourth-order valence-corrected chi connectivity index (χ4v) is 2.33. The second-order valence-corrected chi connectivity index (χ2v) is 3.83. The first-order valence-electron chi connectivity index (χ1n) is 3.60. The van der Waals surface area contributed by atoms with Gasteiger partial charge >= 0.3 is 0 Å². The standard InChI is InChI=1S/C7H8ClNO2S/c1-7(10-2-3-11-7)5-6(8)9-4-12-5/h4H,2-3H2,1H3. The highest BCUT2D eigenvalue weighted by Gasteiger charge is 2.36. The van der Waals surface area contributed by atoms with Crippen LogP contribution in [-0.2, 0) is 15.3 Å². The molecule has 2 rings (SSSR count). The molecule has 1 aromatic rings. The van der Waals surface area contributed by atoms with Crippen molar-refractivity contribution in [2.24, 2.45) is 0 Å². The van der Waals surface area contributed by atoms with E-state index in [0.717, 1.165) is 4.88 Å². The number of hydrogen-bond acceptors (Lipinski definition) is 4. The van der Waals surface area contributed by atoms with E-state index in [1.165, 1.54) is 11.3 Å². The Morgan fingerprint density at radius 1 is 1.58 bits per heavy atom. The first kappa shape index (κ1) is 8.44. The van der Waals surface area contributed by atoms with Gasteiger partial charge in [0.15, 0.2) is 0 Å². The van der Waals surface area contributed by atoms with Crippen molar-refractivity contribution < 1.29 is 9.47 Å². The maximum absolute atomic E-state index is 5.85. The lowest BCUT2D eigenvalue weighted by Gasteiger charge is -2.20. The van der Waals surface area contributed by atoms with Gasteiger partial charge in [0.1, 0.15) is 10.0 Å².